The van der Waals surface area contributed by atoms with E-state index in [-0.39, 0.29) is 5.91 Å². The Kier molecular flexibility index (Phi) is 4.58. The smallest absolute Gasteiger partial charge is 0.407 e. The molecule has 1 aliphatic heterocycles. The monoisotopic (exact) mass is 228 g/mol. The Morgan fingerprint density at radius 2 is 1.69 bits per heavy atom. The van der Waals surface area contributed by atoms with Crippen molar-refractivity contribution in [1.82, 2.24) is 9.80 Å². The van der Waals surface area contributed by atoms with Crippen molar-refractivity contribution in [3.05, 3.63) is 0 Å². The Bertz CT molecular complexity index is 266. The van der Waals surface area contributed by atoms with Crippen LogP contribution in [0.5, 0.6) is 0 Å². The summed E-state index contributed by atoms with van der Waals surface area (Å²) in [6.07, 6.45) is 0.390. The van der Waals surface area contributed by atoms with Crippen LogP contribution in [0.3, 0.4) is 0 Å². The molecule has 0 atom stereocenters. The Morgan fingerprint density at radius 1 is 1.12 bits per heavy atom. The number of rotatable bonds is 2. The van der Waals surface area contributed by atoms with Crippen LogP contribution in [0.15, 0.2) is 0 Å². The number of carbonyl (C=O) groups is 2. The first-order valence-corrected chi connectivity index (χ1v) is 5.76. The van der Waals surface area contributed by atoms with Crippen molar-refractivity contribution in [2.24, 2.45) is 5.92 Å². The molecule has 0 aromatic carbocycles. The standard InChI is InChI=1S/C11H20N2O3/c1-9(2)8-10(14)12-4-3-5-13(7-6-12)11(15)16/h9H,3-8H2,1-2H3,(H,15,16). The predicted octanol–water partition coefficient (Wildman–Crippen LogP) is 1.24. The second-order valence-corrected chi connectivity index (χ2v) is 4.60. The number of carboxylic acid groups (broad SMARTS) is 1. The van der Waals surface area contributed by atoms with Gasteiger partial charge in [-0.15, -0.1) is 0 Å². The lowest BCUT2D eigenvalue weighted by Crippen LogP contribution is -2.37. The van der Waals surface area contributed by atoms with Gasteiger partial charge in [0.15, 0.2) is 0 Å². The molecule has 0 radical (unpaired) electrons. The normalized spacial score (nSPS) is 17.4. The van der Waals surface area contributed by atoms with Gasteiger partial charge in [0.2, 0.25) is 5.91 Å². The van der Waals surface area contributed by atoms with Crippen LogP contribution in [0.25, 0.3) is 0 Å². The van der Waals surface area contributed by atoms with Crippen LogP contribution in [-0.4, -0.2) is 53.1 Å². The topological polar surface area (TPSA) is 60.9 Å². The van der Waals surface area contributed by atoms with E-state index in [0.717, 1.165) is 6.42 Å². The minimum absolute atomic E-state index is 0.141. The van der Waals surface area contributed by atoms with Gasteiger partial charge in [-0.1, -0.05) is 13.8 Å². The van der Waals surface area contributed by atoms with Crippen molar-refractivity contribution in [2.75, 3.05) is 26.2 Å². The summed E-state index contributed by atoms with van der Waals surface area (Å²) in [5, 5.41) is 8.86. The molecular formula is C11H20N2O3. The summed E-state index contributed by atoms with van der Waals surface area (Å²) < 4.78 is 0. The summed E-state index contributed by atoms with van der Waals surface area (Å²) in [7, 11) is 0. The molecule has 0 bridgehead atoms. The first-order chi connectivity index (χ1) is 7.50. The third kappa shape index (κ3) is 3.72. The van der Waals surface area contributed by atoms with Gasteiger partial charge in [-0.3, -0.25) is 4.79 Å². The van der Waals surface area contributed by atoms with Crippen molar-refractivity contribution in [3.8, 4) is 0 Å². The molecule has 1 aliphatic rings. The van der Waals surface area contributed by atoms with Gasteiger partial charge in [-0.25, -0.2) is 4.79 Å². The van der Waals surface area contributed by atoms with Gasteiger partial charge >= 0.3 is 6.09 Å². The molecule has 92 valence electrons. The van der Waals surface area contributed by atoms with Gasteiger partial charge in [-0.2, -0.15) is 0 Å². The molecule has 1 heterocycles. The summed E-state index contributed by atoms with van der Waals surface area (Å²) in [6.45, 7) is 6.19. The molecule has 1 rings (SSSR count). The van der Waals surface area contributed by atoms with Crippen molar-refractivity contribution in [3.63, 3.8) is 0 Å². The number of hydrogen-bond donors (Lipinski definition) is 1. The highest BCUT2D eigenvalue weighted by Crippen LogP contribution is 2.08. The lowest BCUT2D eigenvalue weighted by atomic mass is 10.1. The van der Waals surface area contributed by atoms with E-state index >= 15 is 0 Å². The van der Waals surface area contributed by atoms with Crippen LogP contribution in [0.2, 0.25) is 0 Å². The van der Waals surface area contributed by atoms with E-state index < -0.39 is 6.09 Å². The Balaban J connectivity index is 2.46. The molecule has 1 saturated heterocycles. The van der Waals surface area contributed by atoms with Crippen LogP contribution in [-0.2, 0) is 4.79 Å². The molecular weight excluding hydrogens is 208 g/mol. The molecule has 5 heteroatoms. The highest BCUT2D eigenvalue weighted by molar-refractivity contribution is 5.76. The first kappa shape index (κ1) is 12.8. The molecule has 0 saturated carbocycles. The first-order valence-electron chi connectivity index (χ1n) is 5.76. The molecule has 1 fully saturated rings. The maximum absolute atomic E-state index is 11.8. The summed E-state index contributed by atoms with van der Waals surface area (Å²) >= 11 is 0. The minimum Gasteiger partial charge on any atom is -0.465 e. The second-order valence-electron chi connectivity index (χ2n) is 4.60. The molecule has 0 unspecified atom stereocenters. The molecule has 0 aromatic rings. The van der Waals surface area contributed by atoms with E-state index in [2.05, 4.69) is 0 Å². The van der Waals surface area contributed by atoms with Crippen molar-refractivity contribution in [1.29, 1.82) is 0 Å². The maximum Gasteiger partial charge on any atom is 0.407 e. The molecule has 5 nitrogen and oxygen atoms in total. The van der Waals surface area contributed by atoms with Gasteiger partial charge in [0, 0.05) is 32.6 Å². The van der Waals surface area contributed by atoms with Crippen LogP contribution in [0.1, 0.15) is 26.7 Å². The van der Waals surface area contributed by atoms with Crippen LogP contribution >= 0.6 is 0 Å². The summed E-state index contributed by atoms with van der Waals surface area (Å²) in [5.41, 5.74) is 0. The number of amides is 2. The average molecular weight is 228 g/mol. The van der Waals surface area contributed by atoms with Crippen molar-refractivity contribution < 1.29 is 14.7 Å². The highest BCUT2D eigenvalue weighted by Gasteiger charge is 2.21. The SMILES string of the molecule is CC(C)CC(=O)N1CCCN(C(=O)O)CC1. The number of hydrogen-bond acceptors (Lipinski definition) is 2. The highest BCUT2D eigenvalue weighted by atomic mass is 16.4. The molecule has 2 amide bonds. The number of nitrogens with zero attached hydrogens (tertiary/aromatic N) is 2. The second kappa shape index (κ2) is 5.72. The molecule has 1 N–H and O–H groups in total. The third-order valence-corrected chi connectivity index (χ3v) is 2.70. The fourth-order valence-corrected chi connectivity index (χ4v) is 1.84. The van der Waals surface area contributed by atoms with E-state index in [1.807, 2.05) is 13.8 Å². The zero-order chi connectivity index (χ0) is 12.1. The lowest BCUT2D eigenvalue weighted by Gasteiger charge is -2.21. The Labute approximate surface area is 96.0 Å². The van der Waals surface area contributed by atoms with Crippen molar-refractivity contribution in [2.45, 2.75) is 26.7 Å². The van der Waals surface area contributed by atoms with Crippen LogP contribution in [0, 0.1) is 5.92 Å². The van der Waals surface area contributed by atoms with E-state index in [1.165, 1.54) is 4.90 Å². The molecule has 0 aliphatic carbocycles. The van der Waals surface area contributed by atoms with Gasteiger partial charge in [-0.05, 0) is 12.3 Å². The summed E-state index contributed by atoms with van der Waals surface area (Å²) in [4.78, 5) is 25.7. The lowest BCUT2D eigenvalue weighted by molar-refractivity contribution is -0.131. The quantitative estimate of drug-likeness (QED) is 0.773. The molecule has 16 heavy (non-hydrogen) atoms. The van der Waals surface area contributed by atoms with Gasteiger partial charge < -0.3 is 14.9 Å². The summed E-state index contributed by atoms with van der Waals surface area (Å²) in [5.74, 6) is 0.494. The number of carbonyl (C=O) groups excluding carboxylic acids is 1. The fraction of sp³-hybridized carbons (Fsp3) is 0.818. The van der Waals surface area contributed by atoms with E-state index in [1.54, 1.807) is 4.90 Å². The third-order valence-electron chi connectivity index (χ3n) is 2.70. The fourth-order valence-electron chi connectivity index (χ4n) is 1.84. The Hall–Kier alpha value is -1.26. The van der Waals surface area contributed by atoms with Gasteiger partial charge in [0.25, 0.3) is 0 Å². The minimum atomic E-state index is -0.891. The van der Waals surface area contributed by atoms with Crippen LogP contribution in [0.4, 0.5) is 4.79 Å². The zero-order valence-corrected chi connectivity index (χ0v) is 9.98. The van der Waals surface area contributed by atoms with E-state index in [4.69, 9.17) is 5.11 Å². The Morgan fingerprint density at radius 3 is 2.25 bits per heavy atom. The van der Waals surface area contributed by atoms with Crippen LogP contribution < -0.4 is 0 Å². The summed E-state index contributed by atoms with van der Waals surface area (Å²) in [6, 6.07) is 0. The van der Waals surface area contributed by atoms with E-state index in [0.29, 0.717) is 38.5 Å². The largest absolute Gasteiger partial charge is 0.465 e. The molecule has 0 spiro atoms. The zero-order valence-electron chi connectivity index (χ0n) is 9.98. The predicted molar refractivity (Wildman–Crippen MR) is 60.2 cm³/mol. The van der Waals surface area contributed by atoms with E-state index in [9.17, 15) is 9.59 Å². The average Bonchev–Trinajstić information content (AvgIpc) is 2.41. The van der Waals surface area contributed by atoms with Crippen molar-refractivity contribution >= 4 is 12.0 Å². The van der Waals surface area contributed by atoms with Gasteiger partial charge in [0.1, 0.15) is 0 Å². The molecule has 0 aromatic heterocycles. The maximum atomic E-state index is 11.8. The van der Waals surface area contributed by atoms with Gasteiger partial charge in [0.05, 0.1) is 0 Å².